The standard InChI is InChI=1S/C26H28N8/c1-4-16(2)34-24-22(14-29-34)30-25(20-13-28-33(3)15-20)32-26(24)31-23(17-9-10-17)19-11-18-7-5-6-8-21(18)27-12-19/h5-8,11-17,23H,4,9-10H2,1-3H3,(H,30,31,32)/t16?,23-/m1/s1. The zero-order chi connectivity index (χ0) is 23.2. The third-order valence-corrected chi connectivity index (χ3v) is 6.77. The van der Waals surface area contributed by atoms with Crippen molar-refractivity contribution in [2.24, 2.45) is 13.0 Å². The summed E-state index contributed by atoms with van der Waals surface area (Å²) in [6.45, 7) is 4.35. The fourth-order valence-electron chi connectivity index (χ4n) is 4.54. The summed E-state index contributed by atoms with van der Waals surface area (Å²) in [5, 5.41) is 14.0. The van der Waals surface area contributed by atoms with E-state index in [4.69, 9.17) is 15.0 Å². The number of hydrogen-bond acceptors (Lipinski definition) is 6. The molecule has 1 aromatic carbocycles. The first-order valence-corrected chi connectivity index (χ1v) is 12.0. The first-order chi connectivity index (χ1) is 16.6. The molecule has 0 radical (unpaired) electrons. The van der Waals surface area contributed by atoms with Crippen LogP contribution in [0.4, 0.5) is 5.82 Å². The molecule has 1 aliphatic carbocycles. The van der Waals surface area contributed by atoms with Crippen molar-refractivity contribution >= 4 is 27.8 Å². The van der Waals surface area contributed by atoms with Crippen LogP contribution in [-0.4, -0.2) is 34.5 Å². The highest BCUT2D eigenvalue weighted by Crippen LogP contribution is 2.44. The molecule has 172 valence electrons. The SMILES string of the molecule is CCC(C)n1ncc2nc(-c3cnn(C)c3)nc(N[C@@H](c3cnc4ccccc4c3)C3CC3)c21. The number of para-hydroxylation sites is 1. The quantitative estimate of drug-likeness (QED) is 0.360. The van der Waals surface area contributed by atoms with E-state index in [1.54, 1.807) is 10.9 Å². The molecule has 6 rings (SSSR count). The fraction of sp³-hybridized carbons (Fsp3) is 0.346. The minimum atomic E-state index is 0.122. The van der Waals surface area contributed by atoms with Crippen molar-refractivity contribution in [3.63, 3.8) is 0 Å². The molecular weight excluding hydrogens is 424 g/mol. The number of anilines is 1. The average molecular weight is 453 g/mol. The molecule has 34 heavy (non-hydrogen) atoms. The molecule has 1 unspecified atom stereocenters. The smallest absolute Gasteiger partial charge is 0.165 e. The summed E-state index contributed by atoms with van der Waals surface area (Å²) in [6, 6.07) is 10.9. The number of aryl methyl sites for hydroxylation is 1. The Balaban J connectivity index is 1.48. The Hall–Kier alpha value is -3.81. The van der Waals surface area contributed by atoms with E-state index < -0.39 is 0 Å². The van der Waals surface area contributed by atoms with E-state index in [1.807, 2.05) is 36.4 Å². The normalized spacial score (nSPS) is 15.6. The molecule has 4 aromatic heterocycles. The van der Waals surface area contributed by atoms with Crippen LogP contribution in [0.1, 0.15) is 50.8 Å². The van der Waals surface area contributed by atoms with Gasteiger partial charge in [0.25, 0.3) is 0 Å². The van der Waals surface area contributed by atoms with Gasteiger partial charge in [0.05, 0.1) is 29.5 Å². The van der Waals surface area contributed by atoms with Crippen LogP contribution in [0.15, 0.2) is 55.1 Å². The van der Waals surface area contributed by atoms with Crippen molar-refractivity contribution in [2.45, 2.75) is 45.2 Å². The van der Waals surface area contributed by atoms with E-state index in [0.29, 0.717) is 11.7 Å². The lowest BCUT2D eigenvalue weighted by atomic mass is 10.0. The molecule has 5 aromatic rings. The lowest BCUT2D eigenvalue weighted by Crippen LogP contribution is -2.16. The van der Waals surface area contributed by atoms with Crippen LogP contribution in [0.25, 0.3) is 33.3 Å². The topological polar surface area (TPSA) is 86.3 Å². The second kappa shape index (κ2) is 8.20. The van der Waals surface area contributed by atoms with Gasteiger partial charge in [0.15, 0.2) is 11.6 Å². The van der Waals surface area contributed by atoms with E-state index >= 15 is 0 Å². The number of nitrogens with one attached hydrogen (secondary N) is 1. The number of rotatable bonds is 7. The van der Waals surface area contributed by atoms with Crippen LogP contribution in [0.2, 0.25) is 0 Å². The van der Waals surface area contributed by atoms with Crippen LogP contribution in [0, 0.1) is 5.92 Å². The van der Waals surface area contributed by atoms with Crippen molar-refractivity contribution in [3.8, 4) is 11.4 Å². The van der Waals surface area contributed by atoms with Gasteiger partial charge in [0, 0.05) is 30.9 Å². The molecule has 8 nitrogen and oxygen atoms in total. The lowest BCUT2D eigenvalue weighted by Gasteiger charge is -2.21. The summed E-state index contributed by atoms with van der Waals surface area (Å²) < 4.78 is 3.82. The maximum Gasteiger partial charge on any atom is 0.165 e. The van der Waals surface area contributed by atoms with E-state index in [9.17, 15) is 0 Å². The first-order valence-electron chi connectivity index (χ1n) is 12.0. The van der Waals surface area contributed by atoms with Gasteiger partial charge in [-0.2, -0.15) is 10.2 Å². The molecule has 0 bridgehead atoms. The highest BCUT2D eigenvalue weighted by Gasteiger charge is 2.34. The molecule has 4 heterocycles. The Morgan fingerprint density at radius 2 is 1.91 bits per heavy atom. The van der Waals surface area contributed by atoms with Crippen molar-refractivity contribution < 1.29 is 0 Å². The highest BCUT2D eigenvalue weighted by molar-refractivity contribution is 5.88. The fourth-order valence-corrected chi connectivity index (χ4v) is 4.54. The Morgan fingerprint density at radius 3 is 2.68 bits per heavy atom. The molecule has 1 saturated carbocycles. The average Bonchev–Trinajstić information content (AvgIpc) is 3.46. The highest BCUT2D eigenvalue weighted by atomic mass is 15.3. The van der Waals surface area contributed by atoms with Crippen molar-refractivity contribution in [1.29, 1.82) is 0 Å². The van der Waals surface area contributed by atoms with Crippen LogP contribution in [-0.2, 0) is 7.05 Å². The maximum atomic E-state index is 5.02. The largest absolute Gasteiger partial charge is 0.361 e. The van der Waals surface area contributed by atoms with Crippen LogP contribution >= 0.6 is 0 Å². The summed E-state index contributed by atoms with van der Waals surface area (Å²) in [7, 11) is 1.90. The predicted molar refractivity (Wildman–Crippen MR) is 133 cm³/mol. The number of pyridine rings is 1. The Labute approximate surface area is 198 Å². The van der Waals surface area contributed by atoms with Crippen LogP contribution in [0.5, 0.6) is 0 Å². The lowest BCUT2D eigenvalue weighted by molar-refractivity contribution is 0.492. The van der Waals surface area contributed by atoms with Crippen molar-refractivity contribution in [1.82, 2.24) is 34.5 Å². The summed E-state index contributed by atoms with van der Waals surface area (Å²) in [6.07, 6.45) is 11.0. The Morgan fingerprint density at radius 1 is 1.06 bits per heavy atom. The van der Waals surface area contributed by atoms with Gasteiger partial charge in [-0.05, 0) is 49.8 Å². The maximum absolute atomic E-state index is 5.02. The van der Waals surface area contributed by atoms with Crippen LogP contribution in [0.3, 0.4) is 0 Å². The molecule has 1 fully saturated rings. The monoisotopic (exact) mass is 452 g/mol. The third kappa shape index (κ3) is 3.69. The second-order valence-electron chi connectivity index (χ2n) is 9.30. The van der Waals surface area contributed by atoms with Gasteiger partial charge < -0.3 is 5.32 Å². The number of hydrogen-bond donors (Lipinski definition) is 1. The van der Waals surface area contributed by atoms with E-state index in [1.165, 1.54) is 18.4 Å². The van der Waals surface area contributed by atoms with Gasteiger partial charge >= 0.3 is 0 Å². The van der Waals surface area contributed by atoms with Crippen LogP contribution < -0.4 is 5.32 Å². The summed E-state index contributed by atoms with van der Waals surface area (Å²) in [5.74, 6) is 2.01. The summed E-state index contributed by atoms with van der Waals surface area (Å²) >= 11 is 0. The number of fused-ring (bicyclic) bond motifs is 2. The minimum absolute atomic E-state index is 0.122. The second-order valence-corrected chi connectivity index (χ2v) is 9.30. The molecule has 0 amide bonds. The van der Waals surface area contributed by atoms with Crippen molar-refractivity contribution in [3.05, 3.63) is 60.7 Å². The number of nitrogens with zero attached hydrogens (tertiary/aromatic N) is 7. The molecule has 0 saturated heterocycles. The molecule has 1 aliphatic rings. The van der Waals surface area contributed by atoms with Gasteiger partial charge in [-0.1, -0.05) is 25.1 Å². The molecule has 0 aliphatic heterocycles. The molecule has 0 spiro atoms. The van der Waals surface area contributed by atoms with E-state index in [2.05, 4.69) is 53.6 Å². The molecule has 2 atom stereocenters. The zero-order valence-corrected chi connectivity index (χ0v) is 19.7. The molecular formula is C26H28N8. The molecule has 8 heteroatoms. The summed E-state index contributed by atoms with van der Waals surface area (Å²) in [5.41, 5.74) is 4.87. The predicted octanol–water partition coefficient (Wildman–Crippen LogP) is 5.31. The summed E-state index contributed by atoms with van der Waals surface area (Å²) in [4.78, 5) is 14.6. The first kappa shape index (κ1) is 20.8. The van der Waals surface area contributed by atoms with Gasteiger partial charge in [0.1, 0.15) is 11.0 Å². The Bertz CT molecular complexity index is 1480. The number of benzene rings is 1. The van der Waals surface area contributed by atoms with E-state index in [-0.39, 0.29) is 12.1 Å². The van der Waals surface area contributed by atoms with E-state index in [0.717, 1.165) is 39.7 Å². The third-order valence-electron chi connectivity index (χ3n) is 6.77. The van der Waals surface area contributed by atoms with Gasteiger partial charge in [-0.3, -0.25) is 14.3 Å². The Kier molecular flexibility index (Phi) is 5.01. The van der Waals surface area contributed by atoms with Gasteiger partial charge in [-0.15, -0.1) is 0 Å². The van der Waals surface area contributed by atoms with Gasteiger partial charge in [-0.25, -0.2) is 9.97 Å². The van der Waals surface area contributed by atoms with Crippen molar-refractivity contribution in [2.75, 3.05) is 5.32 Å². The zero-order valence-electron chi connectivity index (χ0n) is 19.7. The van der Waals surface area contributed by atoms with Gasteiger partial charge in [0.2, 0.25) is 0 Å². The number of aromatic nitrogens is 7. The minimum Gasteiger partial charge on any atom is -0.361 e. The molecule has 1 N–H and O–H groups in total.